The maximum atomic E-state index is 6.17. The Labute approximate surface area is 111 Å². The van der Waals surface area contributed by atoms with Crippen LogP contribution in [0.1, 0.15) is 48.5 Å². The maximum Gasteiger partial charge on any atom is 0.491 e. The molecule has 0 aliphatic carbocycles. The fourth-order valence-electron chi connectivity index (χ4n) is 2.67. The van der Waals surface area contributed by atoms with Crippen molar-refractivity contribution in [3.05, 3.63) is 11.0 Å². The van der Waals surface area contributed by atoms with Gasteiger partial charge in [0.05, 0.1) is 24.4 Å². The summed E-state index contributed by atoms with van der Waals surface area (Å²) in [6.45, 7) is 16.3. The van der Waals surface area contributed by atoms with E-state index in [-0.39, 0.29) is 23.7 Å². The third kappa shape index (κ3) is 2.15. The minimum atomic E-state index is -0.278. The van der Waals surface area contributed by atoms with Crippen LogP contribution >= 0.6 is 0 Å². The van der Waals surface area contributed by atoms with Crippen LogP contribution in [0.15, 0.2) is 11.0 Å². The van der Waals surface area contributed by atoms with E-state index in [0.29, 0.717) is 6.61 Å². The molecule has 102 valence electrons. The standard InChI is InChI=1S/C14H25BO3/c1-10-8-16-9-12(2,3)11(10)15-17-13(4,5)14(6,7)18-15/h8-9H2,1-7H3. The number of hydrogen-bond donors (Lipinski definition) is 0. The molecule has 2 aliphatic heterocycles. The zero-order valence-corrected chi connectivity index (χ0v) is 12.7. The SMILES string of the molecule is CC1=C(B2OC(C)(C)C(C)(C)O2)C(C)(C)COC1. The third-order valence-corrected chi connectivity index (χ3v) is 4.46. The van der Waals surface area contributed by atoms with Gasteiger partial charge in [-0.25, -0.2) is 0 Å². The number of hydrogen-bond acceptors (Lipinski definition) is 3. The van der Waals surface area contributed by atoms with Crippen LogP contribution in [0.4, 0.5) is 0 Å². The van der Waals surface area contributed by atoms with Crippen molar-refractivity contribution in [3.8, 4) is 0 Å². The lowest BCUT2D eigenvalue weighted by molar-refractivity contribution is 0.00578. The van der Waals surface area contributed by atoms with Crippen molar-refractivity contribution in [1.82, 2.24) is 0 Å². The molecule has 0 aromatic rings. The van der Waals surface area contributed by atoms with Gasteiger partial charge in [-0.05, 0) is 40.1 Å². The summed E-state index contributed by atoms with van der Waals surface area (Å²) >= 11 is 0. The predicted molar refractivity (Wildman–Crippen MR) is 73.4 cm³/mol. The summed E-state index contributed by atoms with van der Waals surface area (Å²) in [6, 6.07) is 0. The topological polar surface area (TPSA) is 27.7 Å². The molecule has 0 aromatic heterocycles. The Balaban J connectivity index is 2.34. The van der Waals surface area contributed by atoms with E-state index in [0.717, 1.165) is 6.61 Å². The van der Waals surface area contributed by atoms with Crippen LogP contribution in [0, 0.1) is 5.41 Å². The smallest absolute Gasteiger partial charge is 0.400 e. The van der Waals surface area contributed by atoms with E-state index in [9.17, 15) is 0 Å². The van der Waals surface area contributed by atoms with E-state index >= 15 is 0 Å². The minimum Gasteiger partial charge on any atom is -0.400 e. The summed E-state index contributed by atoms with van der Waals surface area (Å²) in [5.74, 6) is 0. The van der Waals surface area contributed by atoms with Gasteiger partial charge in [0, 0.05) is 5.41 Å². The quantitative estimate of drug-likeness (QED) is 0.671. The van der Waals surface area contributed by atoms with E-state index in [1.165, 1.54) is 11.0 Å². The summed E-state index contributed by atoms with van der Waals surface area (Å²) in [7, 11) is -0.242. The Morgan fingerprint density at radius 3 is 1.89 bits per heavy atom. The number of rotatable bonds is 1. The molecular formula is C14H25BO3. The molecule has 2 aliphatic rings. The zero-order chi connectivity index (χ0) is 13.8. The first-order valence-corrected chi connectivity index (χ1v) is 6.70. The second-order valence-corrected chi connectivity index (χ2v) is 7.16. The molecule has 2 rings (SSSR count). The molecule has 0 N–H and O–H groups in total. The van der Waals surface area contributed by atoms with Crippen molar-refractivity contribution in [1.29, 1.82) is 0 Å². The van der Waals surface area contributed by atoms with Crippen molar-refractivity contribution in [3.63, 3.8) is 0 Å². The molecule has 0 radical (unpaired) electrons. The van der Waals surface area contributed by atoms with Crippen molar-refractivity contribution in [2.75, 3.05) is 13.2 Å². The maximum absolute atomic E-state index is 6.17. The number of ether oxygens (including phenoxy) is 1. The van der Waals surface area contributed by atoms with E-state index in [1.807, 2.05) is 0 Å². The molecule has 1 fully saturated rings. The molecule has 0 atom stereocenters. The van der Waals surface area contributed by atoms with Gasteiger partial charge in [-0.1, -0.05) is 19.4 Å². The second kappa shape index (κ2) is 4.09. The van der Waals surface area contributed by atoms with Crippen LogP contribution in [0.3, 0.4) is 0 Å². The van der Waals surface area contributed by atoms with Crippen LogP contribution in [0.5, 0.6) is 0 Å². The molecule has 2 heterocycles. The molecule has 3 nitrogen and oxygen atoms in total. The summed E-state index contributed by atoms with van der Waals surface area (Å²) in [4.78, 5) is 0. The lowest BCUT2D eigenvalue weighted by Crippen LogP contribution is -2.41. The van der Waals surface area contributed by atoms with Crippen molar-refractivity contribution in [2.24, 2.45) is 5.41 Å². The fraction of sp³-hybridized carbons (Fsp3) is 0.857. The van der Waals surface area contributed by atoms with Gasteiger partial charge < -0.3 is 14.0 Å². The zero-order valence-electron chi connectivity index (χ0n) is 12.7. The fourth-order valence-corrected chi connectivity index (χ4v) is 2.67. The molecule has 1 saturated heterocycles. The van der Waals surface area contributed by atoms with Gasteiger partial charge in [-0.15, -0.1) is 0 Å². The average Bonchev–Trinajstić information content (AvgIpc) is 2.33. The summed E-state index contributed by atoms with van der Waals surface area (Å²) in [5, 5.41) is 0. The van der Waals surface area contributed by atoms with Crippen LogP contribution in [0.2, 0.25) is 0 Å². The predicted octanol–water partition coefficient (Wildman–Crippen LogP) is 2.99. The van der Waals surface area contributed by atoms with Gasteiger partial charge in [0.15, 0.2) is 0 Å². The largest absolute Gasteiger partial charge is 0.491 e. The molecule has 0 unspecified atom stereocenters. The van der Waals surface area contributed by atoms with E-state index < -0.39 is 0 Å². The van der Waals surface area contributed by atoms with Gasteiger partial charge in [-0.3, -0.25) is 0 Å². The first kappa shape index (κ1) is 14.1. The monoisotopic (exact) mass is 252 g/mol. The molecule has 0 bridgehead atoms. The molecule has 0 amide bonds. The second-order valence-electron chi connectivity index (χ2n) is 7.16. The van der Waals surface area contributed by atoms with E-state index in [4.69, 9.17) is 14.0 Å². The van der Waals surface area contributed by atoms with Crippen LogP contribution < -0.4 is 0 Å². The molecule has 0 aromatic carbocycles. The van der Waals surface area contributed by atoms with Crippen molar-refractivity contribution >= 4 is 7.12 Å². The minimum absolute atomic E-state index is 0.0243. The summed E-state index contributed by atoms with van der Waals surface area (Å²) in [6.07, 6.45) is 0. The lowest BCUT2D eigenvalue weighted by Gasteiger charge is -2.35. The van der Waals surface area contributed by atoms with Gasteiger partial charge in [0.1, 0.15) is 0 Å². The average molecular weight is 252 g/mol. The van der Waals surface area contributed by atoms with Gasteiger partial charge in [0.2, 0.25) is 0 Å². The van der Waals surface area contributed by atoms with E-state index in [1.54, 1.807) is 0 Å². The normalized spacial score (nSPS) is 29.8. The Bertz CT molecular complexity index is 367. The molecule has 18 heavy (non-hydrogen) atoms. The highest BCUT2D eigenvalue weighted by Crippen LogP contribution is 2.44. The van der Waals surface area contributed by atoms with Gasteiger partial charge in [-0.2, -0.15) is 0 Å². The van der Waals surface area contributed by atoms with Gasteiger partial charge >= 0.3 is 7.12 Å². The summed E-state index contributed by atoms with van der Waals surface area (Å²) in [5.41, 5.74) is 1.92. The van der Waals surface area contributed by atoms with Crippen LogP contribution in [-0.4, -0.2) is 31.5 Å². The Kier molecular flexibility index (Phi) is 3.20. The third-order valence-electron chi connectivity index (χ3n) is 4.46. The highest BCUT2D eigenvalue weighted by atomic mass is 16.7. The Morgan fingerprint density at radius 2 is 1.44 bits per heavy atom. The molecule has 4 heteroatoms. The first-order valence-electron chi connectivity index (χ1n) is 6.70. The highest BCUT2D eigenvalue weighted by Gasteiger charge is 2.55. The van der Waals surface area contributed by atoms with Crippen molar-refractivity contribution in [2.45, 2.75) is 59.7 Å². The highest BCUT2D eigenvalue weighted by molar-refractivity contribution is 6.55. The van der Waals surface area contributed by atoms with Gasteiger partial charge in [0.25, 0.3) is 0 Å². The molecule has 0 spiro atoms. The van der Waals surface area contributed by atoms with Crippen LogP contribution in [0.25, 0.3) is 0 Å². The first-order chi connectivity index (χ1) is 8.07. The van der Waals surface area contributed by atoms with Crippen molar-refractivity contribution < 1.29 is 14.0 Å². The van der Waals surface area contributed by atoms with Crippen LogP contribution in [-0.2, 0) is 14.0 Å². The lowest BCUT2D eigenvalue weighted by atomic mass is 9.61. The molecular weight excluding hydrogens is 227 g/mol. The Morgan fingerprint density at radius 1 is 0.944 bits per heavy atom. The van der Waals surface area contributed by atoms with E-state index in [2.05, 4.69) is 48.5 Å². The molecule has 0 saturated carbocycles. The summed E-state index contributed by atoms with van der Waals surface area (Å²) < 4.78 is 18.0. The Hall–Kier alpha value is -0.315.